The molecule has 5 nitrogen and oxygen atoms in total. The van der Waals surface area contributed by atoms with Gasteiger partial charge in [-0.2, -0.15) is 0 Å². The van der Waals surface area contributed by atoms with Crippen LogP contribution >= 0.6 is 0 Å². The number of carbonyl (C=O) groups is 2. The van der Waals surface area contributed by atoms with E-state index in [0.717, 1.165) is 25.7 Å². The van der Waals surface area contributed by atoms with Gasteiger partial charge in [-0.25, -0.2) is 4.79 Å². The molecule has 0 spiro atoms. The molecule has 0 unspecified atom stereocenters. The van der Waals surface area contributed by atoms with E-state index in [2.05, 4.69) is 22.9 Å². The molecule has 3 N–H and O–H groups in total. The van der Waals surface area contributed by atoms with Crippen LogP contribution in [0.3, 0.4) is 0 Å². The van der Waals surface area contributed by atoms with Gasteiger partial charge in [-0.1, -0.05) is 19.3 Å². The van der Waals surface area contributed by atoms with Gasteiger partial charge in [-0.15, -0.1) is 0 Å². The number of hydrogen-bond acceptors (Lipinski definition) is 2. The summed E-state index contributed by atoms with van der Waals surface area (Å²) < 4.78 is 0. The Kier molecular flexibility index (Phi) is 5.26. The zero-order chi connectivity index (χ0) is 14.5. The summed E-state index contributed by atoms with van der Waals surface area (Å²) in [7, 11) is 1.66. The lowest BCUT2D eigenvalue weighted by atomic mass is 9.80. The van der Waals surface area contributed by atoms with Crippen molar-refractivity contribution in [2.24, 2.45) is 11.8 Å². The van der Waals surface area contributed by atoms with Gasteiger partial charge in [0.2, 0.25) is 5.91 Å². The SMILES string of the molecule is CNC(=O)[C@@H]1CCCC[C@H]1NC(=O)N[C@@H](C)C1CCC1. The molecule has 2 saturated carbocycles. The van der Waals surface area contributed by atoms with Crippen LogP contribution in [0.4, 0.5) is 4.79 Å². The number of nitrogens with one attached hydrogen (secondary N) is 3. The maximum absolute atomic E-state index is 12.1. The Morgan fingerprint density at radius 3 is 2.35 bits per heavy atom. The van der Waals surface area contributed by atoms with Crippen LogP contribution in [0.25, 0.3) is 0 Å². The second-order valence-electron chi connectivity index (χ2n) is 6.21. The van der Waals surface area contributed by atoms with Crippen LogP contribution < -0.4 is 16.0 Å². The highest BCUT2D eigenvalue weighted by Gasteiger charge is 2.32. The Morgan fingerprint density at radius 1 is 1.05 bits per heavy atom. The summed E-state index contributed by atoms with van der Waals surface area (Å²) >= 11 is 0. The Balaban J connectivity index is 1.82. The van der Waals surface area contributed by atoms with Crippen molar-refractivity contribution in [3.63, 3.8) is 0 Å². The summed E-state index contributed by atoms with van der Waals surface area (Å²) in [6.45, 7) is 2.07. The number of urea groups is 1. The standard InChI is InChI=1S/C15H27N3O2/c1-10(11-6-5-7-11)17-15(20)18-13-9-4-3-8-12(13)14(19)16-2/h10-13H,3-9H2,1-2H3,(H,16,19)(H2,17,18,20)/t10-,12+,13+/m0/s1. The highest BCUT2D eigenvalue weighted by Crippen LogP contribution is 2.29. The molecular formula is C15H27N3O2. The van der Waals surface area contributed by atoms with Crippen LogP contribution in [0.5, 0.6) is 0 Å². The Morgan fingerprint density at radius 2 is 1.75 bits per heavy atom. The van der Waals surface area contributed by atoms with Gasteiger partial charge in [0.1, 0.15) is 0 Å². The maximum Gasteiger partial charge on any atom is 0.315 e. The highest BCUT2D eigenvalue weighted by atomic mass is 16.2. The van der Waals surface area contributed by atoms with Gasteiger partial charge < -0.3 is 16.0 Å². The summed E-state index contributed by atoms with van der Waals surface area (Å²) in [5.74, 6) is 0.586. The Hall–Kier alpha value is -1.26. The van der Waals surface area contributed by atoms with Crippen molar-refractivity contribution >= 4 is 11.9 Å². The van der Waals surface area contributed by atoms with Crippen LogP contribution in [0.2, 0.25) is 0 Å². The molecule has 3 atom stereocenters. The first-order valence-electron chi connectivity index (χ1n) is 7.90. The maximum atomic E-state index is 12.1. The topological polar surface area (TPSA) is 70.2 Å². The van der Waals surface area contributed by atoms with Crippen LogP contribution in [-0.2, 0) is 4.79 Å². The summed E-state index contributed by atoms with van der Waals surface area (Å²) in [6.07, 6.45) is 7.61. The van der Waals surface area contributed by atoms with E-state index < -0.39 is 0 Å². The molecule has 3 amide bonds. The number of amides is 3. The molecule has 2 rings (SSSR count). The molecular weight excluding hydrogens is 254 g/mol. The lowest BCUT2D eigenvalue weighted by molar-refractivity contribution is -0.126. The monoisotopic (exact) mass is 281 g/mol. The largest absolute Gasteiger partial charge is 0.359 e. The van der Waals surface area contributed by atoms with Gasteiger partial charge in [0, 0.05) is 19.1 Å². The van der Waals surface area contributed by atoms with Crippen molar-refractivity contribution < 1.29 is 9.59 Å². The zero-order valence-electron chi connectivity index (χ0n) is 12.6. The number of rotatable bonds is 4. The van der Waals surface area contributed by atoms with E-state index in [0.29, 0.717) is 5.92 Å². The quantitative estimate of drug-likeness (QED) is 0.735. The minimum Gasteiger partial charge on any atom is -0.359 e. The Labute approximate surface area is 121 Å². The first-order valence-corrected chi connectivity index (χ1v) is 7.90. The summed E-state index contributed by atoms with van der Waals surface area (Å²) in [6, 6.07) is 0.0771. The average Bonchev–Trinajstić information content (AvgIpc) is 2.36. The minimum absolute atomic E-state index is 0.0303. The molecule has 2 aliphatic carbocycles. The molecule has 0 heterocycles. The molecule has 5 heteroatoms. The van der Waals surface area contributed by atoms with Crippen molar-refractivity contribution in [3.05, 3.63) is 0 Å². The van der Waals surface area contributed by atoms with Crippen molar-refractivity contribution in [2.75, 3.05) is 7.05 Å². The van der Waals surface area contributed by atoms with E-state index in [4.69, 9.17) is 0 Å². The lowest BCUT2D eigenvalue weighted by Crippen LogP contribution is -2.53. The zero-order valence-corrected chi connectivity index (χ0v) is 12.6. The van der Waals surface area contributed by atoms with E-state index in [-0.39, 0.29) is 29.9 Å². The summed E-state index contributed by atoms with van der Waals surface area (Å²) in [5, 5.41) is 8.74. The van der Waals surface area contributed by atoms with Crippen molar-refractivity contribution in [2.45, 2.75) is 64.0 Å². The van der Waals surface area contributed by atoms with Crippen LogP contribution in [-0.4, -0.2) is 31.1 Å². The summed E-state index contributed by atoms with van der Waals surface area (Å²) in [5.41, 5.74) is 0. The normalized spacial score (nSPS) is 28.1. The molecule has 2 fully saturated rings. The third-order valence-corrected chi connectivity index (χ3v) is 4.88. The molecule has 0 aromatic heterocycles. The van der Waals surface area contributed by atoms with Gasteiger partial charge in [0.25, 0.3) is 0 Å². The van der Waals surface area contributed by atoms with Crippen molar-refractivity contribution in [1.29, 1.82) is 0 Å². The lowest BCUT2D eigenvalue weighted by Gasteiger charge is -2.34. The molecule has 20 heavy (non-hydrogen) atoms. The van der Waals surface area contributed by atoms with E-state index in [1.807, 2.05) is 0 Å². The molecule has 0 aromatic rings. The highest BCUT2D eigenvalue weighted by molar-refractivity contribution is 5.81. The van der Waals surface area contributed by atoms with Crippen molar-refractivity contribution in [1.82, 2.24) is 16.0 Å². The second kappa shape index (κ2) is 6.95. The molecule has 114 valence electrons. The van der Waals surface area contributed by atoms with Gasteiger partial charge >= 0.3 is 6.03 Å². The van der Waals surface area contributed by atoms with Gasteiger partial charge in [-0.05, 0) is 38.5 Å². The van der Waals surface area contributed by atoms with Crippen molar-refractivity contribution in [3.8, 4) is 0 Å². The Bertz CT molecular complexity index is 355. The average molecular weight is 281 g/mol. The molecule has 2 aliphatic rings. The third-order valence-electron chi connectivity index (χ3n) is 4.88. The van der Waals surface area contributed by atoms with Gasteiger partial charge in [0.05, 0.1) is 5.92 Å². The van der Waals surface area contributed by atoms with Gasteiger partial charge in [-0.3, -0.25) is 4.79 Å². The number of carbonyl (C=O) groups excluding carboxylic acids is 2. The first-order chi connectivity index (χ1) is 9.61. The van der Waals surface area contributed by atoms with E-state index in [1.54, 1.807) is 7.05 Å². The van der Waals surface area contributed by atoms with E-state index >= 15 is 0 Å². The molecule has 0 radical (unpaired) electrons. The fraction of sp³-hybridized carbons (Fsp3) is 0.867. The first kappa shape index (κ1) is 15.1. The molecule has 0 aliphatic heterocycles. The predicted molar refractivity (Wildman–Crippen MR) is 78.3 cm³/mol. The second-order valence-corrected chi connectivity index (χ2v) is 6.21. The summed E-state index contributed by atoms with van der Waals surface area (Å²) in [4.78, 5) is 23.9. The molecule has 0 aromatic carbocycles. The van der Waals surface area contributed by atoms with Crippen LogP contribution in [0.1, 0.15) is 51.9 Å². The fourth-order valence-electron chi connectivity index (χ4n) is 3.28. The van der Waals surface area contributed by atoms with Crippen LogP contribution in [0, 0.1) is 11.8 Å². The van der Waals surface area contributed by atoms with Gasteiger partial charge in [0.15, 0.2) is 0 Å². The number of hydrogen-bond donors (Lipinski definition) is 3. The van der Waals surface area contributed by atoms with E-state index in [1.165, 1.54) is 19.3 Å². The molecule has 0 saturated heterocycles. The predicted octanol–water partition coefficient (Wildman–Crippen LogP) is 1.78. The smallest absolute Gasteiger partial charge is 0.315 e. The van der Waals surface area contributed by atoms with Crippen LogP contribution in [0.15, 0.2) is 0 Å². The van der Waals surface area contributed by atoms with E-state index in [9.17, 15) is 9.59 Å². The minimum atomic E-state index is -0.120. The third kappa shape index (κ3) is 3.64. The molecule has 0 bridgehead atoms. The fourth-order valence-corrected chi connectivity index (χ4v) is 3.28.